The molecule has 4 nitrogen and oxygen atoms in total. The summed E-state index contributed by atoms with van der Waals surface area (Å²) in [6.07, 6.45) is 7.64. The van der Waals surface area contributed by atoms with Gasteiger partial charge in [-0.25, -0.2) is 0 Å². The molecule has 2 fully saturated rings. The minimum atomic E-state index is -0.0466. The largest absolute Gasteiger partial charge is 0.349 e. The maximum atomic E-state index is 13.2. The van der Waals surface area contributed by atoms with Crippen molar-refractivity contribution in [3.05, 3.63) is 75.1 Å². The Morgan fingerprint density at radius 1 is 1.15 bits per heavy atom. The number of carbonyl (C=O) groups excluding carboxylic acids is 2. The smallest absolute Gasteiger partial charge is 0.260 e. The Kier molecular flexibility index (Phi) is 6.53. The van der Waals surface area contributed by atoms with Crippen molar-refractivity contribution in [2.24, 2.45) is 5.92 Å². The number of aryl methyl sites for hydroxylation is 1. The van der Waals surface area contributed by atoms with Gasteiger partial charge in [-0.3, -0.25) is 9.59 Å². The number of amides is 2. The molecule has 1 N–H and O–H groups in total. The molecule has 0 radical (unpaired) electrons. The lowest BCUT2D eigenvalue weighted by molar-refractivity contribution is -0.132. The fourth-order valence-corrected chi connectivity index (χ4v) is 7.16. The first-order valence-corrected chi connectivity index (χ1v) is 13.0. The molecule has 0 aromatic heterocycles. The number of hydrogen-bond acceptors (Lipinski definition) is 3. The first-order chi connectivity index (χ1) is 16.0. The Labute approximate surface area is 204 Å². The zero-order chi connectivity index (χ0) is 22.9. The SMILES string of the molecule is CN1C(=O)/C(=C/c2cccc(Cl)c2)SC2CCC(C(=O)NC3CCCc4ccccc43)CC21. The van der Waals surface area contributed by atoms with Crippen molar-refractivity contribution in [3.8, 4) is 0 Å². The highest BCUT2D eigenvalue weighted by Gasteiger charge is 2.43. The Hall–Kier alpha value is -2.24. The van der Waals surface area contributed by atoms with Crippen LogP contribution in [0.25, 0.3) is 6.08 Å². The number of nitrogens with zero attached hydrogens (tertiary/aromatic N) is 1. The number of thioether (sulfide) groups is 1. The molecule has 1 saturated carbocycles. The third kappa shape index (κ3) is 4.71. The van der Waals surface area contributed by atoms with Crippen LogP contribution in [0.5, 0.6) is 0 Å². The van der Waals surface area contributed by atoms with E-state index in [-0.39, 0.29) is 29.8 Å². The van der Waals surface area contributed by atoms with Crippen molar-refractivity contribution in [3.63, 3.8) is 0 Å². The lowest BCUT2D eigenvalue weighted by Gasteiger charge is -2.44. The summed E-state index contributed by atoms with van der Waals surface area (Å²) in [4.78, 5) is 28.9. The number of hydrogen-bond donors (Lipinski definition) is 1. The Bertz CT molecular complexity index is 1100. The summed E-state index contributed by atoms with van der Waals surface area (Å²) in [6, 6.07) is 16.2. The van der Waals surface area contributed by atoms with Crippen molar-refractivity contribution < 1.29 is 9.59 Å². The van der Waals surface area contributed by atoms with Gasteiger partial charge in [-0.2, -0.15) is 0 Å². The molecule has 2 amide bonds. The number of benzene rings is 2. The van der Waals surface area contributed by atoms with Crippen LogP contribution in [-0.2, 0) is 16.0 Å². The second kappa shape index (κ2) is 9.55. The fraction of sp³-hybridized carbons (Fsp3) is 0.407. The molecule has 1 aliphatic heterocycles. The minimum Gasteiger partial charge on any atom is -0.349 e. The van der Waals surface area contributed by atoms with E-state index < -0.39 is 0 Å². The van der Waals surface area contributed by atoms with Crippen molar-refractivity contribution in [1.29, 1.82) is 0 Å². The van der Waals surface area contributed by atoms with Crippen LogP contribution in [0, 0.1) is 5.92 Å². The highest BCUT2D eigenvalue weighted by Crippen LogP contribution is 2.43. The molecule has 33 heavy (non-hydrogen) atoms. The topological polar surface area (TPSA) is 49.4 Å². The van der Waals surface area contributed by atoms with Crippen LogP contribution in [0.3, 0.4) is 0 Å². The number of carbonyl (C=O) groups is 2. The Balaban J connectivity index is 1.26. The third-order valence-corrected chi connectivity index (χ3v) is 8.90. The molecule has 5 rings (SSSR count). The first kappa shape index (κ1) is 22.5. The van der Waals surface area contributed by atoms with Crippen LogP contribution in [-0.4, -0.2) is 35.1 Å². The molecular formula is C27H29ClN2O2S. The summed E-state index contributed by atoms with van der Waals surface area (Å²) in [5.74, 6) is 0.124. The predicted molar refractivity (Wildman–Crippen MR) is 135 cm³/mol. The Morgan fingerprint density at radius 3 is 2.85 bits per heavy atom. The minimum absolute atomic E-state index is 0.0310. The van der Waals surface area contributed by atoms with E-state index in [2.05, 4.69) is 29.6 Å². The van der Waals surface area contributed by atoms with Crippen molar-refractivity contribution >= 4 is 41.3 Å². The average Bonchev–Trinajstić information content (AvgIpc) is 2.82. The van der Waals surface area contributed by atoms with Crippen molar-refractivity contribution in [1.82, 2.24) is 10.2 Å². The fourth-order valence-electron chi connectivity index (χ4n) is 5.48. The van der Waals surface area contributed by atoms with Gasteiger partial charge in [-0.05, 0) is 73.4 Å². The van der Waals surface area contributed by atoms with Crippen LogP contribution in [0.4, 0.5) is 0 Å². The first-order valence-electron chi connectivity index (χ1n) is 11.8. The molecule has 0 bridgehead atoms. The van der Waals surface area contributed by atoms with E-state index in [1.165, 1.54) is 11.1 Å². The van der Waals surface area contributed by atoms with E-state index in [1.807, 2.05) is 42.3 Å². The molecule has 1 saturated heterocycles. The molecule has 0 spiro atoms. The van der Waals surface area contributed by atoms with Gasteiger partial charge in [0.05, 0.1) is 10.9 Å². The monoisotopic (exact) mass is 480 g/mol. The van der Waals surface area contributed by atoms with Gasteiger partial charge in [0, 0.05) is 29.3 Å². The summed E-state index contributed by atoms with van der Waals surface area (Å²) in [6.45, 7) is 0. The average molecular weight is 481 g/mol. The van der Waals surface area contributed by atoms with E-state index in [9.17, 15) is 9.59 Å². The predicted octanol–water partition coefficient (Wildman–Crippen LogP) is 5.62. The van der Waals surface area contributed by atoms with Gasteiger partial charge in [-0.15, -0.1) is 11.8 Å². The summed E-state index contributed by atoms with van der Waals surface area (Å²) < 4.78 is 0. The van der Waals surface area contributed by atoms with Crippen LogP contribution in [0.1, 0.15) is 54.8 Å². The maximum Gasteiger partial charge on any atom is 0.260 e. The molecule has 4 unspecified atom stereocenters. The molecule has 2 aromatic rings. The molecule has 2 aromatic carbocycles. The van der Waals surface area contributed by atoms with E-state index in [0.717, 1.165) is 49.0 Å². The van der Waals surface area contributed by atoms with Gasteiger partial charge >= 0.3 is 0 Å². The molecule has 3 aliphatic rings. The highest BCUT2D eigenvalue weighted by atomic mass is 35.5. The standard InChI is InChI=1S/C27H29ClN2O2S/c1-30-23-16-19(26(31)29-22-11-5-8-18-7-2-3-10-21(18)22)12-13-24(23)33-25(27(30)32)15-17-6-4-9-20(28)14-17/h2-4,6-7,9-10,14-15,19,22-24H,5,8,11-13,16H2,1H3,(H,29,31)/b25-15-. The quantitative estimate of drug-likeness (QED) is 0.580. The summed E-state index contributed by atoms with van der Waals surface area (Å²) >= 11 is 7.78. The van der Waals surface area contributed by atoms with Gasteiger partial charge in [0.1, 0.15) is 0 Å². The number of likely N-dealkylation sites (N-methyl/N-ethyl adjacent to an activating group) is 1. The van der Waals surface area contributed by atoms with Crippen LogP contribution in [0.2, 0.25) is 5.02 Å². The van der Waals surface area contributed by atoms with Crippen LogP contribution in [0.15, 0.2) is 53.4 Å². The third-order valence-electron chi connectivity index (χ3n) is 7.26. The van der Waals surface area contributed by atoms with Gasteiger partial charge in [0.25, 0.3) is 5.91 Å². The number of halogens is 1. The molecule has 1 heterocycles. The number of nitrogens with one attached hydrogen (secondary N) is 1. The molecule has 172 valence electrons. The van der Waals surface area contributed by atoms with E-state index in [0.29, 0.717) is 10.3 Å². The molecule has 4 atom stereocenters. The molecule has 6 heteroatoms. The van der Waals surface area contributed by atoms with Crippen LogP contribution < -0.4 is 5.32 Å². The summed E-state index contributed by atoms with van der Waals surface area (Å²) in [5.41, 5.74) is 3.55. The highest BCUT2D eigenvalue weighted by molar-refractivity contribution is 8.04. The van der Waals surface area contributed by atoms with Crippen molar-refractivity contribution in [2.45, 2.75) is 55.9 Å². The number of rotatable bonds is 3. The Morgan fingerprint density at radius 2 is 2.00 bits per heavy atom. The second-order valence-electron chi connectivity index (χ2n) is 9.37. The van der Waals surface area contributed by atoms with Gasteiger partial charge in [0.15, 0.2) is 0 Å². The van der Waals surface area contributed by atoms with Gasteiger partial charge in [0.2, 0.25) is 5.91 Å². The van der Waals surface area contributed by atoms with Gasteiger partial charge < -0.3 is 10.2 Å². The van der Waals surface area contributed by atoms with E-state index in [4.69, 9.17) is 11.6 Å². The lowest BCUT2D eigenvalue weighted by Crippen LogP contribution is -2.52. The van der Waals surface area contributed by atoms with Crippen molar-refractivity contribution in [2.75, 3.05) is 7.05 Å². The summed E-state index contributed by atoms with van der Waals surface area (Å²) in [7, 11) is 1.88. The molecular weight excluding hydrogens is 452 g/mol. The molecule has 2 aliphatic carbocycles. The zero-order valence-electron chi connectivity index (χ0n) is 18.8. The zero-order valence-corrected chi connectivity index (χ0v) is 20.4. The maximum absolute atomic E-state index is 13.2. The van der Waals surface area contributed by atoms with Crippen LogP contribution >= 0.6 is 23.4 Å². The second-order valence-corrected chi connectivity index (χ2v) is 11.1. The van der Waals surface area contributed by atoms with Gasteiger partial charge in [-0.1, -0.05) is 48.0 Å². The van der Waals surface area contributed by atoms with E-state index in [1.54, 1.807) is 11.8 Å². The normalized spacial score (nSPS) is 28.2. The summed E-state index contributed by atoms with van der Waals surface area (Å²) in [5, 5.41) is 4.32. The van der Waals surface area contributed by atoms with E-state index >= 15 is 0 Å². The number of fused-ring (bicyclic) bond motifs is 2. The lowest BCUT2D eigenvalue weighted by atomic mass is 9.82.